The number of carbonyl (C=O) groups excluding carboxylic acids is 2. The maximum atomic E-state index is 11.9. The molecule has 1 amide bonds. The van der Waals surface area contributed by atoms with Crippen molar-refractivity contribution in [1.82, 2.24) is 10.2 Å². The molecule has 0 fully saturated rings. The monoisotopic (exact) mass is 446 g/mol. The fourth-order valence-electron chi connectivity index (χ4n) is 1.75. The number of rotatable bonds is 9. The van der Waals surface area contributed by atoms with E-state index in [1.54, 1.807) is 24.3 Å². The zero-order valence-electron chi connectivity index (χ0n) is 15.2. The number of esters is 1. The number of methoxy groups -OCH3 is 1. The Morgan fingerprint density at radius 2 is 1.93 bits per heavy atom. The molecule has 2 aromatic rings. The van der Waals surface area contributed by atoms with E-state index in [2.05, 4.69) is 20.3 Å². The summed E-state index contributed by atoms with van der Waals surface area (Å²) < 4.78 is 34.6. The Bertz CT molecular complexity index is 930. The molecule has 152 valence electrons. The molecule has 1 aromatic heterocycles. The van der Waals surface area contributed by atoms with Crippen molar-refractivity contribution in [3.63, 3.8) is 0 Å². The zero-order valence-corrected chi connectivity index (χ0v) is 17.7. The van der Waals surface area contributed by atoms with E-state index >= 15 is 0 Å². The van der Waals surface area contributed by atoms with E-state index < -0.39 is 15.9 Å². The van der Waals surface area contributed by atoms with Gasteiger partial charge in [0.15, 0.2) is 10.9 Å². The number of amides is 1. The molecule has 0 saturated carbocycles. The number of thioether (sulfide) groups is 1. The number of hydrogen-bond acceptors (Lipinski definition) is 10. The molecular formula is C15H18N4O6S3. The number of hydrogen-bond donors (Lipinski definition) is 1. The first-order valence-electron chi connectivity index (χ1n) is 7.69. The predicted octanol–water partition coefficient (Wildman–Crippen LogP) is 1.22. The summed E-state index contributed by atoms with van der Waals surface area (Å²) in [6, 6.07) is 6.28. The molecule has 1 aromatic carbocycles. The van der Waals surface area contributed by atoms with Crippen molar-refractivity contribution in [2.24, 2.45) is 0 Å². The van der Waals surface area contributed by atoms with Crippen molar-refractivity contribution in [2.75, 3.05) is 42.4 Å². The van der Waals surface area contributed by atoms with E-state index in [0.29, 0.717) is 15.8 Å². The number of nitrogens with zero attached hydrogens (tertiary/aromatic N) is 3. The second-order valence-electron chi connectivity index (χ2n) is 5.30. The number of sulfonamides is 1. The van der Waals surface area contributed by atoms with Gasteiger partial charge in [0, 0.05) is 7.05 Å². The Morgan fingerprint density at radius 1 is 1.25 bits per heavy atom. The van der Waals surface area contributed by atoms with Gasteiger partial charge in [-0.1, -0.05) is 23.1 Å². The molecule has 13 heteroatoms. The standard InChI is InChI=1S/C15H18N4O6S3/c1-19(28(3,22)23)10-4-6-11(7-5-10)25-8-12(20)16-14-17-18-15(27-14)26-9-13(21)24-2/h4-7H,8-9H2,1-3H3,(H,16,17,20). The largest absolute Gasteiger partial charge is 0.484 e. The molecule has 1 N–H and O–H groups in total. The summed E-state index contributed by atoms with van der Waals surface area (Å²) in [6.45, 7) is -0.258. The molecule has 2 rings (SSSR count). The van der Waals surface area contributed by atoms with Crippen molar-refractivity contribution in [3.8, 4) is 5.75 Å². The summed E-state index contributed by atoms with van der Waals surface area (Å²) in [5, 5.41) is 10.5. The summed E-state index contributed by atoms with van der Waals surface area (Å²) >= 11 is 2.28. The first-order chi connectivity index (χ1) is 13.2. The topological polar surface area (TPSA) is 128 Å². The average molecular weight is 447 g/mol. The van der Waals surface area contributed by atoms with Gasteiger partial charge in [0.2, 0.25) is 15.2 Å². The maximum absolute atomic E-state index is 11.9. The third-order valence-corrected chi connectivity index (χ3v) is 6.41. The number of anilines is 2. The van der Waals surface area contributed by atoms with Crippen LogP contribution in [0.2, 0.25) is 0 Å². The highest BCUT2D eigenvalue weighted by Gasteiger charge is 2.13. The van der Waals surface area contributed by atoms with Gasteiger partial charge in [0.1, 0.15) is 5.75 Å². The van der Waals surface area contributed by atoms with Crippen LogP contribution < -0.4 is 14.4 Å². The van der Waals surface area contributed by atoms with Crippen LogP contribution in [0.25, 0.3) is 0 Å². The van der Waals surface area contributed by atoms with E-state index in [0.717, 1.165) is 33.7 Å². The highest BCUT2D eigenvalue weighted by molar-refractivity contribution is 8.01. The van der Waals surface area contributed by atoms with E-state index in [4.69, 9.17) is 4.74 Å². The summed E-state index contributed by atoms with van der Waals surface area (Å²) in [6.07, 6.45) is 1.11. The summed E-state index contributed by atoms with van der Waals surface area (Å²) in [5.41, 5.74) is 0.477. The lowest BCUT2D eigenvalue weighted by molar-refractivity contribution is -0.137. The number of carbonyl (C=O) groups is 2. The van der Waals surface area contributed by atoms with Crippen LogP contribution in [0.15, 0.2) is 28.6 Å². The number of nitrogens with one attached hydrogen (secondary N) is 1. The van der Waals surface area contributed by atoms with Gasteiger partial charge < -0.3 is 9.47 Å². The molecule has 0 spiro atoms. The Balaban J connectivity index is 1.82. The Labute approximate surface area is 170 Å². The van der Waals surface area contributed by atoms with E-state index in [1.807, 2.05) is 0 Å². The van der Waals surface area contributed by atoms with Crippen molar-refractivity contribution in [3.05, 3.63) is 24.3 Å². The van der Waals surface area contributed by atoms with Gasteiger partial charge in [-0.3, -0.25) is 19.2 Å². The molecule has 28 heavy (non-hydrogen) atoms. The number of ether oxygens (including phenoxy) is 2. The van der Waals surface area contributed by atoms with Crippen LogP contribution in [-0.2, 0) is 24.3 Å². The first-order valence-corrected chi connectivity index (χ1v) is 11.3. The van der Waals surface area contributed by atoms with Gasteiger partial charge in [-0.25, -0.2) is 8.42 Å². The summed E-state index contributed by atoms with van der Waals surface area (Å²) in [4.78, 5) is 23.0. The minimum absolute atomic E-state index is 0.104. The summed E-state index contributed by atoms with van der Waals surface area (Å²) in [7, 11) is -0.608. The smallest absolute Gasteiger partial charge is 0.316 e. The summed E-state index contributed by atoms with van der Waals surface area (Å²) in [5.74, 6) is -0.300. The average Bonchev–Trinajstić information content (AvgIpc) is 3.10. The molecule has 0 aliphatic rings. The Kier molecular flexibility index (Phi) is 7.60. The third-order valence-electron chi connectivity index (χ3n) is 3.26. The molecule has 0 unspecified atom stereocenters. The molecule has 10 nitrogen and oxygen atoms in total. The highest BCUT2D eigenvalue weighted by Crippen LogP contribution is 2.25. The SMILES string of the molecule is COC(=O)CSc1nnc(NC(=O)COc2ccc(N(C)S(C)(=O)=O)cc2)s1. The fourth-order valence-corrected chi connectivity index (χ4v) is 3.85. The molecular weight excluding hydrogens is 428 g/mol. The highest BCUT2D eigenvalue weighted by atomic mass is 32.2. The lowest BCUT2D eigenvalue weighted by atomic mass is 10.3. The Hall–Kier alpha value is -2.38. The molecule has 0 aliphatic carbocycles. The molecule has 0 saturated heterocycles. The van der Waals surface area contributed by atoms with Crippen LogP contribution in [0, 0.1) is 0 Å². The quantitative estimate of drug-likeness (QED) is 0.343. The van der Waals surface area contributed by atoms with Gasteiger partial charge in [0.05, 0.1) is 24.8 Å². The maximum Gasteiger partial charge on any atom is 0.316 e. The van der Waals surface area contributed by atoms with E-state index in [9.17, 15) is 18.0 Å². The molecule has 0 atom stereocenters. The van der Waals surface area contributed by atoms with Crippen LogP contribution in [0.5, 0.6) is 5.75 Å². The van der Waals surface area contributed by atoms with E-state index in [-0.39, 0.29) is 23.5 Å². The van der Waals surface area contributed by atoms with Gasteiger partial charge in [-0.2, -0.15) is 0 Å². The first kappa shape index (κ1) is 21.9. The predicted molar refractivity (Wildman–Crippen MR) is 106 cm³/mol. The minimum Gasteiger partial charge on any atom is -0.484 e. The molecule has 0 aliphatic heterocycles. The molecule has 0 bridgehead atoms. The second kappa shape index (κ2) is 9.71. The number of benzene rings is 1. The fraction of sp³-hybridized carbons (Fsp3) is 0.333. The van der Waals surface area contributed by atoms with Gasteiger partial charge in [-0.05, 0) is 24.3 Å². The van der Waals surface area contributed by atoms with Gasteiger partial charge >= 0.3 is 5.97 Å². The lowest BCUT2D eigenvalue weighted by Gasteiger charge is -2.16. The van der Waals surface area contributed by atoms with Gasteiger partial charge in [-0.15, -0.1) is 10.2 Å². The van der Waals surface area contributed by atoms with Crippen LogP contribution in [0.4, 0.5) is 10.8 Å². The second-order valence-corrected chi connectivity index (χ2v) is 9.51. The third kappa shape index (κ3) is 6.65. The van der Waals surface area contributed by atoms with Crippen molar-refractivity contribution < 1.29 is 27.5 Å². The lowest BCUT2D eigenvalue weighted by Crippen LogP contribution is -2.24. The van der Waals surface area contributed by atoms with Crippen molar-refractivity contribution >= 4 is 55.8 Å². The number of aromatic nitrogens is 2. The Morgan fingerprint density at radius 3 is 2.54 bits per heavy atom. The molecule has 0 radical (unpaired) electrons. The normalized spacial score (nSPS) is 11.0. The van der Waals surface area contributed by atoms with Crippen LogP contribution in [0.3, 0.4) is 0 Å². The minimum atomic E-state index is -3.35. The van der Waals surface area contributed by atoms with Gasteiger partial charge in [0.25, 0.3) is 5.91 Å². The van der Waals surface area contributed by atoms with Crippen molar-refractivity contribution in [2.45, 2.75) is 4.34 Å². The van der Waals surface area contributed by atoms with Crippen LogP contribution >= 0.6 is 23.1 Å². The van der Waals surface area contributed by atoms with Crippen molar-refractivity contribution in [1.29, 1.82) is 0 Å². The van der Waals surface area contributed by atoms with E-state index in [1.165, 1.54) is 14.2 Å². The zero-order chi connectivity index (χ0) is 20.7. The molecule has 1 heterocycles. The van der Waals surface area contributed by atoms with Crippen LogP contribution in [-0.4, -0.2) is 63.3 Å². The van der Waals surface area contributed by atoms with Crippen LogP contribution in [0.1, 0.15) is 0 Å².